The van der Waals surface area contributed by atoms with Crippen LogP contribution in [0.1, 0.15) is 10.4 Å². The summed E-state index contributed by atoms with van der Waals surface area (Å²) in [7, 11) is 0. The van der Waals surface area contributed by atoms with Gasteiger partial charge in [-0.1, -0.05) is 48.2 Å². The number of hydrogen-bond acceptors (Lipinski definition) is 5. The number of aromatic carboxylic acids is 1. The van der Waals surface area contributed by atoms with E-state index in [1.54, 1.807) is 30.5 Å². The number of carbonyl (C=O) groups is 1. The fourth-order valence-electron chi connectivity index (χ4n) is 1.72. The first-order chi connectivity index (χ1) is 11.7. The third-order valence-corrected chi connectivity index (χ3v) is 4.52. The molecule has 1 aliphatic heterocycles. The van der Waals surface area contributed by atoms with Gasteiger partial charge in [0.15, 0.2) is 0 Å². The van der Waals surface area contributed by atoms with E-state index in [1.807, 2.05) is 47.9 Å². The number of benzene rings is 2. The number of carboxylic acids is 1. The lowest BCUT2D eigenvalue weighted by Gasteiger charge is -2.07. The Morgan fingerprint density at radius 1 is 1.00 bits per heavy atom. The number of nitrogens with two attached hydrogens (primary N) is 1. The van der Waals surface area contributed by atoms with Crippen molar-refractivity contribution in [2.45, 2.75) is 9.79 Å². The maximum atomic E-state index is 11.1. The molecule has 1 aliphatic rings. The van der Waals surface area contributed by atoms with Crippen molar-refractivity contribution >= 4 is 41.6 Å². The Morgan fingerprint density at radius 2 is 1.71 bits per heavy atom. The summed E-state index contributed by atoms with van der Waals surface area (Å²) in [6.45, 7) is 0. The van der Waals surface area contributed by atoms with Crippen molar-refractivity contribution in [2.24, 2.45) is 4.40 Å². The van der Waals surface area contributed by atoms with Crippen molar-refractivity contribution in [1.82, 2.24) is 0 Å². The van der Waals surface area contributed by atoms with Gasteiger partial charge in [-0.25, -0.2) is 9.19 Å². The highest BCUT2D eigenvalue weighted by Gasteiger charge is 2.10. The minimum atomic E-state index is -0.928. The Kier molecular flexibility index (Phi) is 7.20. The van der Waals surface area contributed by atoms with Crippen molar-refractivity contribution in [2.75, 3.05) is 5.73 Å². The van der Waals surface area contributed by atoms with Gasteiger partial charge in [-0.3, -0.25) is 0 Å². The van der Waals surface area contributed by atoms with Gasteiger partial charge in [-0.2, -0.15) is 0 Å². The van der Waals surface area contributed by atoms with Crippen LogP contribution in [0.15, 0.2) is 86.4 Å². The van der Waals surface area contributed by atoms with Gasteiger partial charge in [-0.05, 0) is 35.7 Å². The molecule has 0 bridgehead atoms. The van der Waals surface area contributed by atoms with Crippen LogP contribution in [0.3, 0.4) is 0 Å². The maximum Gasteiger partial charge on any atom is 0.336 e. The molecule has 0 saturated heterocycles. The Bertz CT molecular complexity index is 772. The van der Waals surface area contributed by atoms with Gasteiger partial charge in [0, 0.05) is 33.6 Å². The largest absolute Gasteiger partial charge is 0.478 e. The molecule has 0 amide bonds. The third kappa shape index (κ3) is 5.64. The molecular formula is C18H16N2O2S2. The molecule has 4 nitrogen and oxygen atoms in total. The van der Waals surface area contributed by atoms with E-state index < -0.39 is 5.97 Å². The zero-order chi connectivity index (χ0) is 17.2. The van der Waals surface area contributed by atoms with E-state index in [0.29, 0.717) is 16.1 Å². The highest BCUT2D eigenvalue weighted by molar-refractivity contribution is 8.01. The quantitative estimate of drug-likeness (QED) is 0.604. The van der Waals surface area contributed by atoms with Gasteiger partial charge in [0.2, 0.25) is 0 Å². The van der Waals surface area contributed by atoms with Crippen LogP contribution < -0.4 is 5.73 Å². The van der Waals surface area contributed by atoms with Crippen LogP contribution in [0.25, 0.3) is 0 Å². The summed E-state index contributed by atoms with van der Waals surface area (Å²) in [5.41, 5.74) is 6.77. The number of nitrogens with zero attached hydrogens (tertiary/aromatic N) is 1. The number of nitrogen functional groups attached to an aromatic ring is 1. The fraction of sp³-hybridized carbons (Fsp3) is 0. The van der Waals surface area contributed by atoms with Crippen molar-refractivity contribution in [1.29, 1.82) is 0 Å². The lowest BCUT2D eigenvalue weighted by Crippen LogP contribution is -1.98. The maximum absolute atomic E-state index is 11.1. The molecule has 2 aromatic rings. The molecule has 24 heavy (non-hydrogen) atoms. The normalized spacial score (nSPS) is 12.2. The molecule has 1 heterocycles. The van der Waals surface area contributed by atoms with Crippen LogP contribution in [-0.4, -0.2) is 17.3 Å². The number of anilines is 1. The van der Waals surface area contributed by atoms with Crippen LogP contribution in [0.2, 0.25) is 0 Å². The third-order valence-electron chi connectivity index (χ3n) is 2.83. The Morgan fingerprint density at radius 3 is 2.46 bits per heavy atom. The molecule has 3 rings (SSSR count). The van der Waals surface area contributed by atoms with E-state index in [1.165, 1.54) is 23.7 Å². The molecule has 0 saturated carbocycles. The summed E-state index contributed by atoms with van der Waals surface area (Å²) in [5.74, 6) is -0.928. The number of carboxylic acid groups (broad SMARTS) is 1. The number of para-hydroxylation sites is 1. The summed E-state index contributed by atoms with van der Waals surface area (Å²) in [4.78, 5) is 12.6. The standard InChI is InChI=1S/C13H11NO2S.C5H5NS/c14-10-6-2-4-8-12(10)17-11-7-3-1-5-9(11)13(15)16;1-2-4-6-7-5-3-1/h1-8H,14H2,(H,15,16);1-5H. The monoisotopic (exact) mass is 356 g/mol. The topological polar surface area (TPSA) is 75.7 Å². The minimum absolute atomic E-state index is 0.292. The predicted octanol–water partition coefficient (Wildman–Crippen LogP) is 4.91. The Balaban J connectivity index is 0.000000249. The van der Waals surface area contributed by atoms with E-state index in [4.69, 9.17) is 10.8 Å². The summed E-state index contributed by atoms with van der Waals surface area (Å²) >= 11 is 2.81. The lowest BCUT2D eigenvalue weighted by atomic mass is 10.2. The summed E-state index contributed by atoms with van der Waals surface area (Å²) in [6.07, 6.45) is 7.57. The SMILES string of the molecule is C1=CC=NSC=C1.Nc1ccccc1Sc1ccccc1C(=O)O. The van der Waals surface area contributed by atoms with E-state index in [2.05, 4.69) is 4.40 Å². The zero-order valence-corrected chi connectivity index (χ0v) is 14.3. The number of allylic oxidation sites excluding steroid dienone is 3. The highest BCUT2D eigenvalue weighted by Crippen LogP contribution is 2.33. The molecule has 122 valence electrons. The lowest BCUT2D eigenvalue weighted by molar-refractivity contribution is 0.0693. The van der Waals surface area contributed by atoms with E-state index in [0.717, 1.165) is 4.90 Å². The van der Waals surface area contributed by atoms with Crippen molar-refractivity contribution in [3.63, 3.8) is 0 Å². The van der Waals surface area contributed by atoms with Gasteiger partial charge in [0.25, 0.3) is 0 Å². The first-order valence-corrected chi connectivity index (χ1v) is 8.69. The predicted molar refractivity (Wildman–Crippen MR) is 103 cm³/mol. The first kappa shape index (κ1) is 17.9. The van der Waals surface area contributed by atoms with Crippen molar-refractivity contribution < 1.29 is 9.90 Å². The van der Waals surface area contributed by atoms with Crippen LogP contribution in [0.5, 0.6) is 0 Å². The van der Waals surface area contributed by atoms with Crippen LogP contribution in [0.4, 0.5) is 5.69 Å². The summed E-state index contributed by atoms with van der Waals surface area (Å²) < 4.78 is 3.89. The molecule has 3 N–H and O–H groups in total. The van der Waals surface area contributed by atoms with Crippen LogP contribution >= 0.6 is 23.7 Å². The second kappa shape index (κ2) is 9.64. The van der Waals surface area contributed by atoms with Crippen LogP contribution in [-0.2, 0) is 0 Å². The molecule has 0 atom stereocenters. The average Bonchev–Trinajstić information content (AvgIpc) is 2.91. The highest BCUT2D eigenvalue weighted by atomic mass is 32.2. The average molecular weight is 356 g/mol. The Hall–Kier alpha value is -2.44. The van der Waals surface area contributed by atoms with Gasteiger partial charge < -0.3 is 10.8 Å². The van der Waals surface area contributed by atoms with Gasteiger partial charge in [0.1, 0.15) is 0 Å². The molecule has 0 aliphatic carbocycles. The minimum Gasteiger partial charge on any atom is -0.478 e. The molecule has 6 heteroatoms. The molecule has 0 aromatic heterocycles. The van der Waals surface area contributed by atoms with Crippen molar-refractivity contribution in [3.8, 4) is 0 Å². The van der Waals surface area contributed by atoms with Gasteiger partial charge >= 0.3 is 5.97 Å². The smallest absolute Gasteiger partial charge is 0.336 e. The molecule has 0 unspecified atom stereocenters. The number of hydrogen-bond donors (Lipinski definition) is 2. The fourth-order valence-corrected chi connectivity index (χ4v) is 3.08. The molecule has 2 aromatic carbocycles. The summed E-state index contributed by atoms with van der Waals surface area (Å²) in [5, 5.41) is 11.0. The van der Waals surface area contributed by atoms with Gasteiger partial charge in [0.05, 0.1) is 5.56 Å². The number of rotatable bonds is 3. The molecule has 0 radical (unpaired) electrons. The second-order valence-corrected chi connectivity index (χ2v) is 6.29. The molecular weight excluding hydrogens is 340 g/mol. The Labute approximate surface area is 149 Å². The van der Waals surface area contributed by atoms with Crippen LogP contribution in [0, 0.1) is 0 Å². The van der Waals surface area contributed by atoms with Gasteiger partial charge in [-0.15, -0.1) is 0 Å². The van der Waals surface area contributed by atoms with E-state index >= 15 is 0 Å². The zero-order valence-electron chi connectivity index (χ0n) is 12.7. The first-order valence-electron chi connectivity index (χ1n) is 7.04. The van der Waals surface area contributed by atoms with E-state index in [9.17, 15) is 4.79 Å². The summed E-state index contributed by atoms with van der Waals surface area (Å²) in [6, 6.07) is 14.3. The molecule has 0 fully saturated rings. The van der Waals surface area contributed by atoms with E-state index in [-0.39, 0.29) is 0 Å². The van der Waals surface area contributed by atoms with Crippen molar-refractivity contribution in [3.05, 3.63) is 77.7 Å². The second-order valence-electron chi connectivity index (χ2n) is 4.51. The molecule has 0 spiro atoms.